The molecule has 156 valence electrons. The number of hydrogen-bond donors (Lipinski definition) is 0. The Labute approximate surface area is 181 Å². The quantitative estimate of drug-likeness (QED) is 0.460. The maximum atomic E-state index is 13.9. The van der Waals surface area contributed by atoms with E-state index in [4.69, 9.17) is 4.42 Å². The van der Waals surface area contributed by atoms with Crippen molar-refractivity contribution in [3.8, 4) is 0 Å². The molecule has 0 radical (unpaired) electrons. The minimum atomic E-state index is -0.727. The maximum absolute atomic E-state index is 13.9. The van der Waals surface area contributed by atoms with Crippen LogP contribution in [0.4, 0.5) is 9.52 Å². The first-order valence-electron chi connectivity index (χ1n) is 9.96. The number of rotatable bonds is 4. The van der Waals surface area contributed by atoms with Crippen molar-refractivity contribution in [3.05, 3.63) is 86.0 Å². The van der Waals surface area contributed by atoms with E-state index in [1.165, 1.54) is 28.4 Å². The summed E-state index contributed by atoms with van der Waals surface area (Å²) < 4.78 is 19.7. The number of anilines is 1. The number of hydrogen-bond acceptors (Lipinski definition) is 6. The Balaban J connectivity index is 1.77. The van der Waals surface area contributed by atoms with E-state index in [1.807, 2.05) is 38.1 Å². The van der Waals surface area contributed by atoms with Crippen molar-refractivity contribution in [1.82, 2.24) is 10.2 Å². The molecule has 0 spiro atoms. The van der Waals surface area contributed by atoms with Crippen LogP contribution in [0.5, 0.6) is 0 Å². The molecule has 4 aromatic rings. The molecule has 8 heteroatoms. The van der Waals surface area contributed by atoms with Crippen molar-refractivity contribution in [3.63, 3.8) is 0 Å². The van der Waals surface area contributed by atoms with Gasteiger partial charge in [-0.3, -0.25) is 14.5 Å². The van der Waals surface area contributed by atoms with Gasteiger partial charge in [-0.05, 0) is 37.1 Å². The summed E-state index contributed by atoms with van der Waals surface area (Å²) in [6.45, 7) is 4.00. The Morgan fingerprint density at radius 1 is 1.13 bits per heavy atom. The number of halogens is 1. The molecule has 3 heterocycles. The Hall–Kier alpha value is -3.39. The molecule has 1 aliphatic heterocycles. The number of nitrogens with zero attached hydrogens (tertiary/aromatic N) is 3. The highest BCUT2D eigenvalue weighted by atomic mass is 32.1. The van der Waals surface area contributed by atoms with Crippen molar-refractivity contribution in [1.29, 1.82) is 0 Å². The van der Waals surface area contributed by atoms with Gasteiger partial charge in [0.1, 0.15) is 16.4 Å². The van der Waals surface area contributed by atoms with Gasteiger partial charge < -0.3 is 4.42 Å². The summed E-state index contributed by atoms with van der Waals surface area (Å²) >= 11 is 1.32. The van der Waals surface area contributed by atoms with Crippen LogP contribution in [-0.2, 0) is 6.42 Å². The lowest BCUT2D eigenvalue weighted by atomic mass is 9.98. The van der Waals surface area contributed by atoms with Gasteiger partial charge in [-0.15, -0.1) is 10.2 Å². The fourth-order valence-electron chi connectivity index (χ4n) is 3.86. The molecular formula is C23H18FN3O3S. The molecule has 1 atom stereocenters. The van der Waals surface area contributed by atoms with Crippen LogP contribution < -0.4 is 10.3 Å². The molecule has 5 rings (SSSR count). The number of benzene rings is 2. The lowest BCUT2D eigenvalue weighted by molar-refractivity contribution is 0.0970. The van der Waals surface area contributed by atoms with Gasteiger partial charge in [0.05, 0.1) is 17.0 Å². The van der Waals surface area contributed by atoms with Gasteiger partial charge >= 0.3 is 0 Å². The summed E-state index contributed by atoms with van der Waals surface area (Å²) in [5.41, 5.74) is 1.74. The molecule has 1 amide bonds. The van der Waals surface area contributed by atoms with E-state index in [1.54, 1.807) is 0 Å². The average Bonchev–Trinajstić information content (AvgIpc) is 3.32. The molecule has 0 fully saturated rings. The van der Waals surface area contributed by atoms with Gasteiger partial charge in [0.2, 0.25) is 10.9 Å². The third kappa shape index (κ3) is 3.14. The van der Waals surface area contributed by atoms with Crippen LogP contribution in [-0.4, -0.2) is 16.1 Å². The first-order valence-corrected chi connectivity index (χ1v) is 10.8. The maximum Gasteiger partial charge on any atom is 0.297 e. The largest absolute Gasteiger partial charge is 0.450 e. The van der Waals surface area contributed by atoms with Gasteiger partial charge in [0.15, 0.2) is 5.43 Å². The summed E-state index contributed by atoms with van der Waals surface area (Å²) in [4.78, 5) is 28.3. The van der Waals surface area contributed by atoms with E-state index >= 15 is 0 Å². The van der Waals surface area contributed by atoms with Gasteiger partial charge in [-0.2, -0.15) is 0 Å². The zero-order valence-electron chi connectivity index (χ0n) is 16.9. The lowest BCUT2D eigenvalue weighted by Gasteiger charge is -2.22. The fourth-order valence-corrected chi connectivity index (χ4v) is 4.83. The number of carbonyl (C=O) groups excluding carboxylic acids is 1. The zero-order chi connectivity index (χ0) is 21.7. The van der Waals surface area contributed by atoms with E-state index in [0.717, 1.165) is 35.0 Å². The van der Waals surface area contributed by atoms with Gasteiger partial charge in [0, 0.05) is 6.42 Å². The molecule has 2 aromatic heterocycles. The topological polar surface area (TPSA) is 76.3 Å². The highest BCUT2D eigenvalue weighted by Crippen LogP contribution is 2.42. The normalized spacial score (nSPS) is 15.6. The van der Waals surface area contributed by atoms with E-state index in [0.29, 0.717) is 5.13 Å². The van der Waals surface area contributed by atoms with E-state index in [-0.39, 0.29) is 22.3 Å². The third-order valence-electron chi connectivity index (χ3n) is 5.35. The van der Waals surface area contributed by atoms with Crippen LogP contribution in [0.1, 0.15) is 51.6 Å². The monoisotopic (exact) mass is 435 g/mol. The predicted molar refractivity (Wildman–Crippen MR) is 116 cm³/mol. The fraction of sp³-hybridized carbons (Fsp3) is 0.217. The standard InChI is InChI=1S/C23H18FN3O3S/c1-3-4-17-25-26-23(31-17)27-19(13-7-5-12(2)6-8-13)18-20(28)15-11-14(24)9-10-16(15)30-21(18)22(27)29/h5-11,19H,3-4H2,1-2H3/t19-/m1/s1. The highest BCUT2D eigenvalue weighted by Gasteiger charge is 2.45. The van der Waals surface area contributed by atoms with Crippen LogP contribution in [0.2, 0.25) is 0 Å². The molecule has 31 heavy (non-hydrogen) atoms. The Morgan fingerprint density at radius 3 is 2.65 bits per heavy atom. The Bertz CT molecular complexity index is 1380. The smallest absolute Gasteiger partial charge is 0.297 e. The SMILES string of the molecule is CCCc1nnc(N2C(=O)c3oc4ccc(F)cc4c(=O)c3[C@H]2c2ccc(C)cc2)s1. The highest BCUT2D eigenvalue weighted by molar-refractivity contribution is 7.15. The summed E-state index contributed by atoms with van der Waals surface area (Å²) in [5, 5.41) is 9.75. The van der Waals surface area contributed by atoms with E-state index in [9.17, 15) is 14.0 Å². The number of fused-ring (bicyclic) bond motifs is 2. The summed E-state index contributed by atoms with van der Waals surface area (Å²) in [5.74, 6) is -1.04. The molecule has 0 aliphatic carbocycles. The minimum absolute atomic E-state index is 0.0399. The first-order chi connectivity index (χ1) is 15.0. The average molecular weight is 435 g/mol. The molecule has 0 bridgehead atoms. The van der Waals surface area contributed by atoms with Crippen LogP contribution in [0.25, 0.3) is 11.0 Å². The molecule has 0 N–H and O–H groups in total. The van der Waals surface area contributed by atoms with Crippen LogP contribution in [0.3, 0.4) is 0 Å². The second-order valence-electron chi connectivity index (χ2n) is 7.53. The van der Waals surface area contributed by atoms with Crippen molar-refractivity contribution < 1.29 is 13.6 Å². The van der Waals surface area contributed by atoms with E-state index in [2.05, 4.69) is 10.2 Å². The molecule has 1 aliphatic rings. The van der Waals surface area contributed by atoms with Crippen LogP contribution in [0, 0.1) is 12.7 Å². The van der Waals surface area contributed by atoms with Crippen molar-refractivity contribution in [2.75, 3.05) is 4.90 Å². The molecular weight excluding hydrogens is 417 g/mol. The zero-order valence-corrected chi connectivity index (χ0v) is 17.7. The second-order valence-corrected chi connectivity index (χ2v) is 8.57. The lowest BCUT2D eigenvalue weighted by Crippen LogP contribution is -2.29. The minimum Gasteiger partial charge on any atom is -0.450 e. The van der Waals surface area contributed by atoms with Crippen LogP contribution in [0.15, 0.2) is 51.7 Å². The summed E-state index contributed by atoms with van der Waals surface area (Å²) in [6.07, 6.45) is 1.66. The Kier molecular flexibility index (Phi) is 4.66. The van der Waals surface area contributed by atoms with Crippen molar-refractivity contribution >= 4 is 33.3 Å². The third-order valence-corrected chi connectivity index (χ3v) is 6.33. The number of aryl methyl sites for hydroxylation is 2. The molecule has 0 saturated carbocycles. The Morgan fingerprint density at radius 2 is 1.90 bits per heavy atom. The number of carbonyl (C=O) groups is 1. The number of amides is 1. The molecule has 6 nitrogen and oxygen atoms in total. The van der Waals surface area contributed by atoms with E-state index < -0.39 is 23.2 Å². The van der Waals surface area contributed by atoms with Gasteiger partial charge in [-0.25, -0.2) is 4.39 Å². The van der Waals surface area contributed by atoms with Gasteiger partial charge in [-0.1, -0.05) is 48.1 Å². The number of aromatic nitrogens is 2. The first kappa shape index (κ1) is 19.6. The molecule has 2 aromatic carbocycles. The molecule has 0 unspecified atom stereocenters. The second kappa shape index (κ2) is 7.39. The van der Waals surface area contributed by atoms with Gasteiger partial charge in [0.25, 0.3) is 5.91 Å². The van der Waals surface area contributed by atoms with Crippen LogP contribution >= 0.6 is 11.3 Å². The predicted octanol–water partition coefficient (Wildman–Crippen LogP) is 4.79. The summed E-state index contributed by atoms with van der Waals surface area (Å²) in [7, 11) is 0. The molecule has 0 saturated heterocycles. The van der Waals surface area contributed by atoms with Crippen molar-refractivity contribution in [2.24, 2.45) is 0 Å². The van der Waals surface area contributed by atoms with Crippen molar-refractivity contribution in [2.45, 2.75) is 32.7 Å². The summed E-state index contributed by atoms with van der Waals surface area (Å²) in [6, 6.07) is 10.6.